The predicted molar refractivity (Wildman–Crippen MR) is 104 cm³/mol. The minimum absolute atomic E-state index is 0.0209. The minimum atomic E-state index is -0.241. The Balaban J connectivity index is 1.64. The highest BCUT2D eigenvalue weighted by molar-refractivity contribution is 5.81. The molecule has 6 nitrogen and oxygen atoms in total. The van der Waals surface area contributed by atoms with Gasteiger partial charge in [-0.05, 0) is 56.2 Å². The van der Waals surface area contributed by atoms with Crippen molar-refractivity contribution in [3.05, 3.63) is 45.7 Å². The van der Waals surface area contributed by atoms with Crippen LogP contribution in [0.3, 0.4) is 0 Å². The Morgan fingerprint density at radius 3 is 2.89 bits per heavy atom. The van der Waals surface area contributed by atoms with Gasteiger partial charge in [-0.2, -0.15) is 0 Å². The third-order valence-corrected chi connectivity index (χ3v) is 5.08. The van der Waals surface area contributed by atoms with E-state index in [1.165, 1.54) is 0 Å². The van der Waals surface area contributed by atoms with Crippen LogP contribution in [0.2, 0.25) is 0 Å². The van der Waals surface area contributed by atoms with Crippen LogP contribution >= 0.6 is 0 Å². The number of carbonyl (C=O) groups is 2. The van der Waals surface area contributed by atoms with Gasteiger partial charge in [0.25, 0.3) is 5.56 Å². The van der Waals surface area contributed by atoms with Gasteiger partial charge in [0.05, 0.1) is 12.5 Å². The molecule has 1 aromatic heterocycles. The van der Waals surface area contributed by atoms with Crippen LogP contribution in [0, 0.1) is 12.8 Å². The number of pyridine rings is 1. The third-order valence-electron chi connectivity index (χ3n) is 5.08. The van der Waals surface area contributed by atoms with Crippen LogP contribution in [-0.2, 0) is 20.7 Å². The largest absolute Gasteiger partial charge is 0.466 e. The van der Waals surface area contributed by atoms with Crippen molar-refractivity contribution >= 4 is 22.8 Å². The van der Waals surface area contributed by atoms with E-state index < -0.39 is 0 Å². The molecule has 0 radical (unpaired) electrons. The molecular formula is C21H26N2O4. The van der Waals surface area contributed by atoms with Gasteiger partial charge in [0, 0.05) is 30.6 Å². The van der Waals surface area contributed by atoms with Crippen LogP contribution in [-0.4, -0.2) is 41.5 Å². The molecule has 27 heavy (non-hydrogen) atoms. The molecule has 1 unspecified atom stereocenters. The highest BCUT2D eigenvalue weighted by Gasteiger charge is 2.29. The molecule has 144 valence electrons. The van der Waals surface area contributed by atoms with Crippen molar-refractivity contribution in [2.24, 2.45) is 5.92 Å². The Morgan fingerprint density at radius 1 is 1.30 bits per heavy atom. The molecule has 1 amide bonds. The van der Waals surface area contributed by atoms with Gasteiger partial charge in [-0.15, -0.1) is 0 Å². The lowest BCUT2D eigenvalue weighted by atomic mass is 9.97. The van der Waals surface area contributed by atoms with E-state index in [2.05, 4.69) is 4.98 Å². The van der Waals surface area contributed by atoms with Crippen LogP contribution in [0.4, 0.5) is 0 Å². The number of ether oxygens (including phenoxy) is 1. The van der Waals surface area contributed by atoms with E-state index in [-0.39, 0.29) is 29.8 Å². The maximum atomic E-state index is 12.6. The first-order chi connectivity index (χ1) is 13.0. The van der Waals surface area contributed by atoms with E-state index in [1.54, 1.807) is 11.8 Å². The molecule has 1 fully saturated rings. The number of fused-ring (bicyclic) bond motifs is 1. The van der Waals surface area contributed by atoms with E-state index in [0.717, 1.165) is 29.3 Å². The fourth-order valence-electron chi connectivity index (χ4n) is 3.60. The molecule has 6 heteroatoms. The molecule has 1 aromatic carbocycles. The van der Waals surface area contributed by atoms with E-state index in [4.69, 9.17) is 4.74 Å². The second-order valence-electron chi connectivity index (χ2n) is 7.15. The second kappa shape index (κ2) is 8.37. The molecule has 1 atom stereocenters. The fourth-order valence-corrected chi connectivity index (χ4v) is 3.60. The second-order valence-corrected chi connectivity index (χ2v) is 7.15. The van der Waals surface area contributed by atoms with Gasteiger partial charge in [-0.25, -0.2) is 0 Å². The molecule has 1 aliphatic rings. The summed E-state index contributed by atoms with van der Waals surface area (Å²) in [5, 5.41) is 0.961. The number of hydrogen-bond acceptors (Lipinski definition) is 4. The van der Waals surface area contributed by atoms with Gasteiger partial charge in [-0.1, -0.05) is 12.1 Å². The summed E-state index contributed by atoms with van der Waals surface area (Å²) in [6.45, 7) is 5.18. The van der Waals surface area contributed by atoms with E-state index >= 15 is 0 Å². The van der Waals surface area contributed by atoms with Gasteiger partial charge < -0.3 is 14.6 Å². The number of aromatic amines is 1. The van der Waals surface area contributed by atoms with Crippen molar-refractivity contribution < 1.29 is 14.3 Å². The van der Waals surface area contributed by atoms with Crippen molar-refractivity contribution in [2.75, 3.05) is 19.7 Å². The monoisotopic (exact) mass is 370 g/mol. The summed E-state index contributed by atoms with van der Waals surface area (Å²) in [7, 11) is 0. The summed E-state index contributed by atoms with van der Waals surface area (Å²) in [5.74, 6) is -0.487. The summed E-state index contributed by atoms with van der Waals surface area (Å²) in [6, 6.07) is 7.77. The molecule has 3 rings (SSSR count). The topological polar surface area (TPSA) is 79.5 Å². The molecule has 0 saturated carbocycles. The molecule has 2 heterocycles. The number of rotatable bonds is 5. The Bertz CT molecular complexity index is 903. The van der Waals surface area contributed by atoms with Crippen molar-refractivity contribution in [2.45, 2.75) is 39.5 Å². The molecule has 0 spiro atoms. The van der Waals surface area contributed by atoms with Crippen molar-refractivity contribution in [3.8, 4) is 0 Å². The zero-order valence-corrected chi connectivity index (χ0v) is 15.9. The average molecular weight is 370 g/mol. The van der Waals surface area contributed by atoms with Gasteiger partial charge in [0.15, 0.2) is 0 Å². The fraction of sp³-hybridized carbons (Fsp3) is 0.476. The maximum absolute atomic E-state index is 12.6. The van der Waals surface area contributed by atoms with Gasteiger partial charge in [0.1, 0.15) is 0 Å². The Hall–Kier alpha value is -2.63. The molecule has 0 bridgehead atoms. The summed E-state index contributed by atoms with van der Waals surface area (Å²) < 4.78 is 5.08. The lowest BCUT2D eigenvalue weighted by Crippen LogP contribution is -2.43. The number of carbonyl (C=O) groups excluding carboxylic acids is 2. The van der Waals surface area contributed by atoms with E-state index in [0.29, 0.717) is 31.7 Å². The first kappa shape index (κ1) is 19.1. The number of aryl methyl sites for hydroxylation is 2. The molecule has 1 saturated heterocycles. The highest BCUT2D eigenvalue weighted by atomic mass is 16.5. The van der Waals surface area contributed by atoms with Crippen LogP contribution < -0.4 is 5.56 Å². The first-order valence-corrected chi connectivity index (χ1v) is 9.55. The van der Waals surface area contributed by atoms with Gasteiger partial charge in [-0.3, -0.25) is 14.4 Å². The Morgan fingerprint density at radius 2 is 2.11 bits per heavy atom. The van der Waals surface area contributed by atoms with Crippen LogP contribution in [0.1, 0.15) is 37.3 Å². The highest BCUT2D eigenvalue weighted by Crippen LogP contribution is 2.19. The Labute approximate surface area is 158 Å². The standard InChI is InChI=1S/C21H26N2O4/c1-3-27-21(26)17-5-4-10-23(13-17)19(24)9-8-16-12-15-7-6-14(2)11-18(15)22-20(16)25/h6-7,11-12,17H,3-5,8-10,13H2,1-2H3,(H,22,25). The quantitative estimate of drug-likeness (QED) is 0.821. The van der Waals surface area contributed by atoms with Gasteiger partial charge >= 0.3 is 5.97 Å². The number of piperidine rings is 1. The molecular weight excluding hydrogens is 344 g/mol. The van der Waals surface area contributed by atoms with Gasteiger partial charge in [0.2, 0.25) is 5.91 Å². The number of hydrogen-bond donors (Lipinski definition) is 1. The predicted octanol–water partition coefficient (Wildman–Crippen LogP) is 2.57. The number of esters is 1. The number of H-pyrrole nitrogens is 1. The maximum Gasteiger partial charge on any atom is 0.310 e. The van der Waals surface area contributed by atoms with E-state index in [1.807, 2.05) is 31.2 Å². The smallest absolute Gasteiger partial charge is 0.310 e. The number of nitrogens with zero attached hydrogens (tertiary/aromatic N) is 1. The zero-order valence-electron chi connectivity index (χ0n) is 15.9. The molecule has 2 aromatic rings. The van der Waals surface area contributed by atoms with Crippen LogP contribution in [0.25, 0.3) is 10.9 Å². The SMILES string of the molecule is CCOC(=O)C1CCCN(C(=O)CCc2cc3ccc(C)cc3[nH]c2=O)C1. The average Bonchev–Trinajstić information content (AvgIpc) is 2.66. The Kier molecular flexibility index (Phi) is 5.94. The first-order valence-electron chi connectivity index (χ1n) is 9.55. The lowest BCUT2D eigenvalue weighted by molar-refractivity contribution is -0.151. The lowest BCUT2D eigenvalue weighted by Gasteiger charge is -2.31. The number of aromatic nitrogens is 1. The summed E-state index contributed by atoms with van der Waals surface area (Å²) in [5.41, 5.74) is 2.35. The summed E-state index contributed by atoms with van der Waals surface area (Å²) >= 11 is 0. The van der Waals surface area contributed by atoms with Crippen molar-refractivity contribution in [1.82, 2.24) is 9.88 Å². The van der Waals surface area contributed by atoms with Crippen molar-refractivity contribution in [1.29, 1.82) is 0 Å². The molecule has 1 aliphatic heterocycles. The number of amides is 1. The number of nitrogens with one attached hydrogen (secondary N) is 1. The normalized spacial score (nSPS) is 17.1. The van der Waals surface area contributed by atoms with Crippen LogP contribution in [0.15, 0.2) is 29.1 Å². The minimum Gasteiger partial charge on any atom is -0.466 e. The summed E-state index contributed by atoms with van der Waals surface area (Å²) in [6.07, 6.45) is 2.20. The van der Waals surface area contributed by atoms with E-state index in [9.17, 15) is 14.4 Å². The molecule has 1 N–H and O–H groups in total. The third kappa shape index (κ3) is 4.56. The summed E-state index contributed by atoms with van der Waals surface area (Å²) in [4.78, 5) is 41.4. The molecule has 0 aliphatic carbocycles. The van der Waals surface area contributed by atoms with Crippen LogP contribution in [0.5, 0.6) is 0 Å². The van der Waals surface area contributed by atoms with Crippen molar-refractivity contribution in [3.63, 3.8) is 0 Å². The zero-order chi connectivity index (χ0) is 19.4. The number of benzene rings is 1. The number of likely N-dealkylation sites (tertiary alicyclic amines) is 1.